The molecule has 0 atom stereocenters. The van der Waals surface area contributed by atoms with Crippen molar-refractivity contribution >= 4 is 6.09 Å². The van der Waals surface area contributed by atoms with E-state index in [1.807, 2.05) is 20.8 Å². The second-order valence-corrected chi connectivity index (χ2v) is 6.23. The first-order valence-corrected chi connectivity index (χ1v) is 7.70. The third-order valence-corrected chi connectivity index (χ3v) is 3.12. The maximum Gasteiger partial charge on any atom is 0.410 e. The number of ether oxygens (including phenoxy) is 3. The minimum atomic E-state index is -0.448. The Morgan fingerprint density at radius 2 is 1.86 bits per heavy atom. The van der Waals surface area contributed by atoms with Crippen LogP contribution in [0.15, 0.2) is 0 Å². The minimum absolute atomic E-state index is 0.157. The number of hydrogen-bond acceptors (Lipinski definition) is 5. The standard InChI is InChI=1S/C15H29NO5/c1-15(2,3)21-14(18)16-7-5-13(6-8-16)20-12-11-19-10-4-9-17/h13,17H,4-12H2,1-3H3. The predicted molar refractivity (Wildman–Crippen MR) is 79.3 cm³/mol. The van der Waals surface area contributed by atoms with E-state index >= 15 is 0 Å². The molecule has 0 aromatic heterocycles. The van der Waals surface area contributed by atoms with Gasteiger partial charge in [-0.05, 0) is 40.0 Å². The summed E-state index contributed by atoms with van der Waals surface area (Å²) in [4.78, 5) is 13.6. The van der Waals surface area contributed by atoms with Gasteiger partial charge in [-0.25, -0.2) is 4.79 Å². The molecule has 0 bridgehead atoms. The Morgan fingerprint density at radius 3 is 2.43 bits per heavy atom. The van der Waals surface area contributed by atoms with Gasteiger partial charge in [0.05, 0.1) is 19.3 Å². The number of carbonyl (C=O) groups excluding carboxylic acids is 1. The zero-order valence-electron chi connectivity index (χ0n) is 13.5. The maximum atomic E-state index is 11.9. The van der Waals surface area contributed by atoms with Crippen molar-refractivity contribution in [1.82, 2.24) is 4.90 Å². The zero-order chi connectivity index (χ0) is 15.7. The highest BCUT2D eigenvalue weighted by Gasteiger charge is 2.26. The highest BCUT2D eigenvalue weighted by atomic mass is 16.6. The Morgan fingerprint density at radius 1 is 1.19 bits per heavy atom. The molecule has 1 N–H and O–H groups in total. The number of amides is 1. The van der Waals surface area contributed by atoms with Crippen molar-refractivity contribution in [2.24, 2.45) is 0 Å². The second kappa shape index (κ2) is 9.23. The van der Waals surface area contributed by atoms with Crippen molar-refractivity contribution in [1.29, 1.82) is 0 Å². The molecule has 0 saturated carbocycles. The van der Waals surface area contributed by atoms with E-state index in [2.05, 4.69) is 0 Å². The molecule has 1 heterocycles. The molecule has 0 spiro atoms. The molecule has 21 heavy (non-hydrogen) atoms. The van der Waals surface area contributed by atoms with Crippen LogP contribution >= 0.6 is 0 Å². The number of hydrogen-bond donors (Lipinski definition) is 1. The molecular formula is C15H29NO5. The summed E-state index contributed by atoms with van der Waals surface area (Å²) in [5.41, 5.74) is -0.448. The van der Waals surface area contributed by atoms with Crippen LogP contribution in [0.25, 0.3) is 0 Å². The fourth-order valence-electron chi connectivity index (χ4n) is 2.07. The average molecular weight is 303 g/mol. The summed E-state index contributed by atoms with van der Waals surface area (Å²) < 4.78 is 16.4. The van der Waals surface area contributed by atoms with E-state index in [0.717, 1.165) is 12.8 Å². The molecule has 6 heteroatoms. The number of aliphatic hydroxyl groups excluding tert-OH is 1. The van der Waals surface area contributed by atoms with Gasteiger partial charge in [0.25, 0.3) is 0 Å². The third kappa shape index (κ3) is 8.24. The topological polar surface area (TPSA) is 68.2 Å². The normalized spacial score (nSPS) is 17.0. The van der Waals surface area contributed by atoms with Gasteiger partial charge in [0.1, 0.15) is 5.60 Å². The molecule has 1 aliphatic rings. The summed E-state index contributed by atoms with van der Waals surface area (Å²) in [5, 5.41) is 8.61. The smallest absolute Gasteiger partial charge is 0.410 e. The molecule has 1 rings (SSSR count). The lowest BCUT2D eigenvalue weighted by Gasteiger charge is -2.33. The molecular weight excluding hydrogens is 274 g/mol. The van der Waals surface area contributed by atoms with Crippen LogP contribution in [0.3, 0.4) is 0 Å². The summed E-state index contributed by atoms with van der Waals surface area (Å²) in [6.07, 6.45) is 2.26. The molecule has 0 radical (unpaired) electrons. The number of aliphatic hydroxyl groups is 1. The van der Waals surface area contributed by atoms with Crippen LogP contribution < -0.4 is 0 Å². The lowest BCUT2D eigenvalue weighted by atomic mass is 10.1. The van der Waals surface area contributed by atoms with Gasteiger partial charge in [-0.1, -0.05) is 0 Å². The van der Waals surface area contributed by atoms with Crippen molar-refractivity contribution in [3.63, 3.8) is 0 Å². The second-order valence-electron chi connectivity index (χ2n) is 6.23. The number of carbonyl (C=O) groups is 1. The van der Waals surface area contributed by atoms with Crippen molar-refractivity contribution in [2.75, 3.05) is 39.5 Å². The Labute approximate surface area is 127 Å². The van der Waals surface area contributed by atoms with Crippen LogP contribution in [0.5, 0.6) is 0 Å². The quantitative estimate of drug-likeness (QED) is 0.726. The minimum Gasteiger partial charge on any atom is -0.444 e. The van der Waals surface area contributed by atoms with Gasteiger partial charge < -0.3 is 24.2 Å². The van der Waals surface area contributed by atoms with Gasteiger partial charge >= 0.3 is 6.09 Å². The van der Waals surface area contributed by atoms with E-state index in [1.165, 1.54) is 0 Å². The van der Waals surface area contributed by atoms with Crippen LogP contribution in [0.1, 0.15) is 40.0 Å². The largest absolute Gasteiger partial charge is 0.444 e. The summed E-state index contributed by atoms with van der Waals surface area (Å²) >= 11 is 0. The zero-order valence-corrected chi connectivity index (χ0v) is 13.5. The monoisotopic (exact) mass is 303 g/mol. The van der Waals surface area contributed by atoms with E-state index in [4.69, 9.17) is 19.3 Å². The first kappa shape index (κ1) is 18.2. The van der Waals surface area contributed by atoms with Crippen LogP contribution in [0.2, 0.25) is 0 Å². The Balaban J connectivity index is 2.10. The fourth-order valence-corrected chi connectivity index (χ4v) is 2.07. The first-order chi connectivity index (χ1) is 9.92. The van der Waals surface area contributed by atoms with Crippen molar-refractivity contribution in [3.8, 4) is 0 Å². The summed E-state index contributed by atoms with van der Waals surface area (Å²) in [6, 6.07) is 0. The van der Waals surface area contributed by atoms with Crippen LogP contribution in [0.4, 0.5) is 4.79 Å². The SMILES string of the molecule is CC(C)(C)OC(=O)N1CCC(OCCOCCCO)CC1. The molecule has 1 amide bonds. The summed E-state index contributed by atoms with van der Waals surface area (Å²) in [6.45, 7) is 8.79. The summed E-state index contributed by atoms with van der Waals surface area (Å²) in [5.74, 6) is 0. The lowest BCUT2D eigenvalue weighted by Crippen LogP contribution is -2.43. The highest BCUT2D eigenvalue weighted by Crippen LogP contribution is 2.17. The van der Waals surface area contributed by atoms with Gasteiger partial charge in [0.15, 0.2) is 0 Å². The lowest BCUT2D eigenvalue weighted by molar-refractivity contribution is -0.0302. The number of piperidine rings is 1. The maximum absolute atomic E-state index is 11.9. The molecule has 0 unspecified atom stereocenters. The van der Waals surface area contributed by atoms with Gasteiger partial charge in [0, 0.05) is 26.3 Å². The van der Waals surface area contributed by atoms with Crippen LogP contribution in [0, 0.1) is 0 Å². The van der Waals surface area contributed by atoms with Crippen molar-refractivity contribution < 1.29 is 24.1 Å². The predicted octanol–water partition coefficient (Wildman–Crippen LogP) is 1.80. The van der Waals surface area contributed by atoms with Gasteiger partial charge in [-0.2, -0.15) is 0 Å². The van der Waals surface area contributed by atoms with E-state index in [-0.39, 0.29) is 18.8 Å². The van der Waals surface area contributed by atoms with Gasteiger partial charge in [-0.3, -0.25) is 0 Å². The summed E-state index contributed by atoms with van der Waals surface area (Å²) in [7, 11) is 0. The first-order valence-electron chi connectivity index (χ1n) is 7.70. The number of rotatable bonds is 7. The van der Waals surface area contributed by atoms with Crippen molar-refractivity contribution in [2.45, 2.75) is 51.7 Å². The van der Waals surface area contributed by atoms with E-state index in [1.54, 1.807) is 4.90 Å². The van der Waals surface area contributed by atoms with Crippen LogP contribution in [-0.4, -0.2) is 67.3 Å². The Bertz CT molecular complexity index is 295. The van der Waals surface area contributed by atoms with E-state index < -0.39 is 5.60 Å². The molecule has 0 aromatic carbocycles. The molecule has 1 fully saturated rings. The number of nitrogens with zero attached hydrogens (tertiary/aromatic N) is 1. The number of likely N-dealkylation sites (tertiary alicyclic amines) is 1. The third-order valence-electron chi connectivity index (χ3n) is 3.12. The van der Waals surface area contributed by atoms with Gasteiger partial charge in [-0.15, -0.1) is 0 Å². The Kier molecular flexibility index (Phi) is 8.00. The van der Waals surface area contributed by atoms with E-state index in [9.17, 15) is 4.79 Å². The molecule has 124 valence electrons. The Hall–Kier alpha value is -0.850. The molecule has 1 aliphatic heterocycles. The average Bonchev–Trinajstić information content (AvgIpc) is 2.41. The van der Waals surface area contributed by atoms with Crippen molar-refractivity contribution in [3.05, 3.63) is 0 Å². The molecule has 0 aliphatic carbocycles. The molecule has 6 nitrogen and oxygen atoms in total. The molecule has 0 aromatic rings. The van der Waals surface area contributed by atoms with Gasteiger partial charge in [0.2, 0.25) is 0 Å². The fraction of sp³-hybridized carbons (Fsp3) is 0.933. The molecule has 1 saturated heterocycles. The highest BCUT2D eigenvalue weighted by molar-refractivity contribution is 5.68. The van der Waals surface area contributed by atoms with E-state index in [0.29, 0.717) is 39.3 Å². The van der Waals surface area contributed by atoms with Crippen LogP contribution in [-0.2, 0) is 14.2 Å².